The molecule has 7 heteroatoms. The number of carbonyl (C=O) groups excluding carboxylic acids is 2. The van der Waals surface area contributed by atoms with Crippen molar-refractivity contribution in [3.63, 3.8) is 0 Å². The van der Waals surface area contributed by atoms with E-state index in [-0.39, 0.29) is 24.5 Å². The predicted molar refractivity (Wildman–Crippen MR) is 100 cm³/mol. The van der Waals surface area contributed by atoms with E-state index < -0.39 is 24.0 Å². The highest BCUT2D eigenvalue weighted by Gasteiger charge is 2.25. The molecular formula is C20H24N2O5. The summed E-state index contributed by atoms with van der Waals surface area (Å²) in [4.78, 5) is 24.7. The molecule has 1 amide bonds. The largest absolute Gasteiger partial charge is 0.504 e. The molecule has 0 saturated heterocycles. The zero-order valence-corrected chi connectivity index (χ0v) is 15.1. The van der Waals surface area contributed by atoms with E-state index in [1.165, 1.54) is 12.1 Å². The lowest BCUT2D eigenvalue weighted by Gasteiger charge is -2.20. The lowest BCUT2D eigenvalue weighted by Crippen LogP contribution is -2.50. The summed E-state index contributed by atoms with van der Waals surface area (Å²) in [5.41, 5.74) is 7.44. The van der Waals surface area contributed by atoms with Gasteiger partial charge < -0.3 is 26.0 Å². The van der Waals surface area contributed by atoms with Crippen LogP contribution in [-0.4, -0.2) is 40.8 Å². The third-order valence-corrected chi connectivity index (χ3v) is 4.00. The second-order valence-electron chi connectivity index (χ2n) is 6.14. The number of phenols is 2. The topological polar surface area (TPSA) is 122 Å². The number of rotatable bonds is 8. The summed E-state index contributed by atoms with van der Waals surface area (Å²) >= 11 is 0. The highest BCUT2D eigenvalue weighted by atomic mass is 16.5. The fourth-order valence-corrected chi connectivity index (χ4v) is 2.61. The SMILES string of the molecule is CCOC(=O)[C@H](Cc1ccc(O)c(O)c1)NC(=O)[C@@H](N)Cc1ccccc1. The summed E-state index contributed by atoms with van der Waals surface area (Å²) in [6.45, 7) is 1.84. The molecule has 0 aliphatic heterocycles. The molecule has 5 N–H and O–H groups in total. The Balaban J connectivity index is 2.07. The van der Waals surface area contributed by atoms with E-state index in [4.69, 9.17) is 10.5 Å². The van der Waals surface area contributed by atoms with Crippen molar-refractivity contribution in [3.05, 3.63) is 59.7 Å². The van der Waals surface area contributed by atoms with E-state index in [1.807, 2.05) is 30.3 Å². The Morgan fingerprint density at radius 1 is 1.04 bits per heavy atom. The smallest absolute Gasteiger partial charge is 0.328 e. The van der Waals surface area contributed by atoms with Gasteiger partial charge in [0.05, 0.1) is 12.6 Å². The van der Waals surface area contributed by atoms with Crippen LogP contribution in [0, 0.1) is 0 Å². The van der Waals surface area contributed by atoms with Gasteiger partial charge in [0.1, 0.15) is 6.04 Å². The van der Waals surface area contributed by atoms with Gasteiger partial charge in [-0.15, -0.1) is 0 Å². The molecule has 0 spiro atoms. The van der Waals surface area contributed by atoms with Gasteiger partial charge >= 0.3 is 5.97 Å². The molecule has 0 radical (unpaired) electrons. The number of hydrogen-bond acceptors (Lipinski definition) is 6. The first-order valence-corrected chi connectivity index (χ1v) is 8.68. The molecule has 0 unspecified atom stereocenters. The van der Waals surface area contributed by atoms with Gasteiger partial charge in [0.2, 0.25) is 5.91 Å². The molecule has 0 saturated carbocycles. The van der Waals surface area contributed by atoms with Gasteiger partial charge in [-0.05, 0) is 36.6 Å². The highest BCUT2D eigenvalue weighted by Crippen LogP contribution is 2.25. The maximum atomic E-state index is 12.4. The maximum Gasteiger partial charge on any atom is 0.328 e. The molecule has 2 aromatic carbocycles. The summed E-state index contributed by atoms with van der Waals surface area (Å²) in [5.74, 6) is -1.63. The first-order chi connectivity index (χ1) is 12.9. The van der Waals surface area contributed by atoms with E-state index in [1.54, 1.807) is 13.0 Å². The van der Waals surface area contributed by atoms with Crippen LogP contribution in [0.2, 0.25) is 0 Å². The van der Waals surface area contributed by atoms with Crippen LogP contribution in [0.15, 0.2) is 48.5 Å². The fourth-order valence-electron chi connectivity index (χ4n) is 2.61. The van der Waals surface area contributed by atoms with Crippen molar-refractivity contribution in [1.29, 1.82) is 0 Å². The highest BCUT2D eigenvalue weighted by molar-refractivity contribution is 5.87. The van der Waals surface area contributed by atoms with Crippen LogP contribution in [0.3, 0.4) is 0 Å². The molecule has 2 aromatic rings. The average Bonchev–Trinajstić information content (AvgIpc) is 2.65. The number of carbonyl (C=O) groups is 2. The predicted octanol–water partition coefficient (Wildman–Crippen LogP) is 1.26. The van der Waals surface area contributed by atoms with Crippen LogP contribution in [0.5, 0.6) is 11.5 Å². The van der Waals surface area contributed by atoms with E-state index in [0.29, 0.717) is 12.0 Å². The fraction of sp³-hybridized carbons (Fsp3) is 0.300. The van der Waals surface area contributed by atoms with Crippen LogP contribution < -0.4 is 11.1 Å². The normalized spacial score (nSPS) is 12.8. The standard InChI is InChI=1S/C20H24N2O5/c1-2-27-20(26)16(11-14-8-9-17(23)18(24)12-14)22-19(25)15(21)10-13-6-4-3-5-7-13/h3-9,12,15-16,23-24H,2,10-11,21H2,1H3,(H,22,25)/t15-,16-/m0/s1. The Morgan fingerprint density at radius 3 is 2.37 bits per heavy atom. The van der Waals surface area contributed by atoms with Crippen LogP contribution in [-0.2, 0) is 27.2 Å². The molecule has 27 heavy (non-hydrogen) atoms. The van der Waals surface area contributed by atoms with Crippen LogP contribution >= 0.6 is 0 Å². The minimum Gasteiger partial charge on any atom is -0.504 e. The van der Waals surface area contributed by atoms with E-state index in [0.717, 1.165) is 5.56 Å². The lowest BCUT2D eigenvalue weighted by atomic mass is 10.0. The Bertz CT molecular complexity index is 779. The van der Waals surface area contributed by atoms with Gasteiger partial charge in [0.25, 0.3) is 0 Å². The van der Waals surface area contributed by atoms with Gasteiger partial charge in [-0.2, -0.15) is 0 Å². The molecule has 7 nitrogen and oxygen atoms in total. The van der Waals surface area contributed by atoms with E-state index in [2.05, 4.69) is 5.32 Å². The van der Waals surface area contributed by atoms with Crippen LogP contribution in [0.4, 0.5) is 0 Å². The second-order valence-corrected chi connectivity index (χ2v) is 6.14. The third-order valence-electron chi connectivity index (χ3n) is 4.00. The molecule has 0 aliphatic carbocycles. The van der Waals surface area contributed by atoms with Crippen LogP contribution in [0.25, 0.3) is 0 Å². The Labute approximate surface area is 157 Å². The molecule has 0 heterocycles. The van der Waals surface area contributed by atoms with E-state index in [9.17, 15) is 19.8 Å². The summed E-state index contributed by atoms with van der Waals surface area (Å²) in [6.07, 6.45) is 0.429. The summed E-state index contributed by atoms with van der Waals surface area (Å²) in [5, 5.41) is 21.6. The number of benzene rings is 2. The van der Waals surface area contributed by atoms with Gasteiger partial charge in [-0.3, -0.25) is 4.79 Å². The summed E-state index contributed by atoms with van der Waals surface area (Å²) < 4.78 is 5.02. The van der Waals surface area contributed by atoms with Gasteiger partial charge in [0.15, 0.2) is 11.5 Å². The van der Waals surface area contributed by atoms with E-state index >= 15 is 0 Å². The molecular weight excluding hydrogens is 348 g/mol. The number of amides is 1. The van der Waals surface area contributed by atoms with Crippen molar-refractivity contribution in [2.24, 2.45) is 5.73 Å². The average molecular weight is 372 g/mol. The molecule has 0 bridgehead atoms. The molecule has 0 fully saturated rings. The first kappa shape index (κ1) is 20.3. The minimum atomic E-state index is -0.955. The quantitative estimate of drug-likeness (QED) is 0.409. The van der Waals surface area contributed by atoms with Gasteiger partial charge in [-0.25, -0.2) is 4.79 Å². The molecule has 144 valence electrons. The number of nitrogens with two attached hydrogens (primary N) is 1. The first-order valence-electron chi connectivity index (χ1n) is 8.68. The number of hydrogen-bond donors (Lipinski definition) is 4. The van der Waals surface area contributed by atoms with Crippen molar-refractivity contribution in [1.82, 2.24) is 5.32 Å². The summed E-state index contributed by atoms with van der Waals surface area (Å²) in [7, 11) is 0. The zero-order valence-electron chi connectivity index (χ0n) is 15.1. The van der Waals surface area contributed by atoms with Gasteiger partial charge in [0, 0.05) is 6.42 Å². The minimum absolute atomic E-state index is 0.0937. The van der Waals surface area contributed by atoms with Crippen molar-refractivity contribution in [3.8, 4) is 11.5 Å². The van der Waals surface area contributed by atoms with Crippen molar-refractivity contribution in [2.75, 3.05) is 6.61 Å². The summed E-state index contributed by atoms with van der Waals surface area (Å²) in [6, 6.07) is 11.8. The second kappa shape index (κ2) is 9.59. The third kappa shape index (κ3) is 6.00. The number of esters is 1. The lowest BCUT2D eigenvalue weighted by molar-refractivity contribution is -0.147. The number of nitrogens with one attached hydrogen (secondary N) is 1. The molecule has 0 aliphatic rings. The Morgan fingerprint density at radius 2 is 1.74 bits per heavy atom. The van der Waals surface area contributed by atoms with Crippen molar-refractivity contribution < 1.29 is 24.5 Å². The van der Waals surface area contributed by atoms with Crippen molar-refractivity contribution in [2.45, 2.75) is 31.8 Å². The van der Waals surface area contributed by atoms with Crippen molar-refractivity contribution >= 4 is 11.9 Å². The number of aromatic hydroxyl groups is 2. The Kier molecular flexibility index (Phi) is 7.19. The zero-order chi connectivity index (χ0) is 19.8. The van der Waals surface area contributed by atoms with Crippen LogP contribution in [0.1, 0.15) is 18.1 Å². The number of phenolic OH excluding ortho intramolecular Hbond substituents is 2. The molecule has 2 rings (SSSR count). The Hall–Kier alpha value is -3.06. The van der Waals surface area contributed by atoms with Gasteiger partial charge in [-0.1, -0.05) is 36.4 Å². The number of ether oxygens (including phenoxy) is 1. The molecule has 0 aromatic heterocycles. The maximum absolute atomic E-state index is 12.4. The monoisotopic (exact) mass is 372 g/mol. The molecule has 2 atom stereocenters.